The molecule has 0 amide bonds. The molecule has 19 heteroatoms. The van der Waals surface area contributed by atoms with E-state index >= 15 is 0 Å². The molecule has 0 aliphatic rings. The molecule has 0 bridgehead atoms. The number of aliphatic hydroxyl groups is 1. The quantitative estimate of drug-likeness (QED) is 0.0222. The number of phosphoric acid groups is 2. The summed E-state index contributed by atoms with van der Waals surface area (Å²) in [5.41, 5.74) is 0. The van der Waals surface area contributed by atoms with Crippen LogP contribution in [0.4, 0.5) is 0 Å². The minimum Gasteiger partial charge on any atom is -0.462 e. The van der Waals surface area contributed by atoms with E-state index in [0.717, 1.165) is 108 Å². The average molecular weight is 1450 g/mol. The van der Waals surface area contributed by atoms with E-state index in [1.54, 1.807) is 0 Å². The van der Waals surface area contributed by atoms with Gasteiger partial charge in [0.05, 0.1) is 26.4 Å². The second kappa shape index (κ2) is 71.7. The first-order chi connectivity index (χ1) is 47.9. The van der Waals surface area contributed by atoms with Gasteiger partial charge in [0, 0.05) is 25.7 Å². The molecular weight excluding hydrogens is 1290 g/mol. The molecule has 99 heavy (non-hydrogen) atoms. The van der Waals surface area contributed by atoms with Crippen LogP contribution in [0.15, 0.2) is 0 Å². The van der Waals surface area contributed by atoms with Gasteiger partial charge in [-0.3, -0.25) is 37.3 Å². The molecule has 0 aromatic rings. The van der Waals surface area contributed by atoms with Crippen molar-refractivity contribution in [1.29, 1.82) is 0 Å². The number of ether oxygens (including phenoxy) is 4. The summed E-state index contributed by atoms with van der Waals surface area (Å²) in [6.45, 7) is 9.60. The summed E-state index contributed by atoms with van der Waals surface area (Å²) in [4.78, 5) is 72.9. The van der Waals surface area contributed by atoms with Gasteiger partial charge in [0.1, 0.15) is 19.3 Å². The summed E-state index contributed by atoms with van der Waals surface area (Å²) in [5.74, 6) is -0.565. The Hall–Kier alpha value is -1.94. The smallest absolute Gasteiger partial charge is 0.462 e. The Kier molecular flexibility index (Phi) is 70.3. The van der Waals surface area contributed by atoms with Crippen LogP contribution in [-0.2, 0) is 65.4 Å². The van der Waals surface area contributed by atoms with Crippen molar-refractivity contribution >= 4 is 39.5 Å². The van der Waals surface area contributed by atoms with Crippen LogP contribution in [0.2, 0.25) is 0 Å². The minimum absolute atomic E-state index is 0.105. The summed E-state index contributed by atoms with van der Waals surface area (Å²) >= 11 is 0. The number of rotatable bonds is 79. The van der Waals surface area contributed by atoms with Gasteiger partial charge >= 0.3 is 39.5 Å². The molecule has 0 aliphatic heterocycles. The lowest BCUT2D eigenvalue weighted by Crippen LogP contribution is -2.30. The van der Waals surface area contributed by atoms with E-state index in [0.29, 0.717) is 25.7 Å². The summed E-state index contributed by atoms with van der Waals surface area (Å²) in [7, 11) is -9.91. The highest BCUT2D eigenvalue weighted by Gasteiger charge is 2.30. The molecule has 0 heterocycles. The largest absolute Gasteiger partial charge is 0.472 e. The third-order valence-electron chi connectivity index (χ3n) is 18.7. The van der Waals surface area contributed by atoms with Crippen molar-refractivity contribution in [3.8, 4) is 0 Å². The molecule has 0 aliphatic carbocycles. The van der Waals surface area contributed by atoms with Gasteiger partial charge in [-0.05, 0) is 37.5 Å². The number of carbonyl (C=O) groups excluding carboxylic acids is 4. The lowest BCUT2D eigenvalue weighted by Gasteiger charge is -2.21. The fourth-order valence-corrected chi connectivity index (χ4v) is 13.9. The summed E-state index contributed by atoms with van der Waals surface area (Å²) in [5, 5.41) is 10.6. The van der Waals surface area contributed by atoms with E-state index in [2.05, 4.69) is 41.5 Å². The molecule has 5 atom stereocenters. The van der Waals surface area contributed by atoms with Crippen LogP contribution in [0.25, 0.3) is 0 Å². The number of carbonyl (C=O) groups is 4. The number of hydrogen-bond acceptors (Lipinski definition) is 15. The van der Waals surface area contributed by atoms with Crippen LogP contribution in [0, 0.1) is 11.8 Å². The Balaban J connectivity index is 5.18. The highest BCUT2D eigenvalue weighted by atomic mass is 31.2. The van der Waals surface area contributed by atoms with Gasteiger partial charge in [-0.15, -0.1) is 0 Å². The Morgan fingerprint density at radius 2 is 0.465 bits per heavy atom. The SMILES string of the molecule is CCCCCCCCCCCCCCCCCCCCCCC(=O)O[C@H](COC(=O)CCCCCCCCCCCCCCCCCCC(C)C)COP(=O)(O)OC[C@@H](O)COP(=O)(O)OC[C@@H](COC(=O)CCCCCCCCCC)OC(=O)CCCCCCCCCCCC(C)C. The van der Waals surface area contributed by atoms with E-state index < -0.39 is 97.5 Å². The van der Waals surface area contributed by atoms with Crippen molar-refractivity contribution in [2.75, 3.05) is 39.6 Å². The van der Waals surface area contributed by atoms with E-state index in [9.17, 15) is 43.2 Å². The maximum Gasteiger partial charge on any atom is 0.472 e. The zero-order chi connectivity index (χ0) is 72.8. The van der Waals surface area contributed by atoms with Crippen molar-refractivity contribution in [3.05, 3.63) is 0 Å². The second-order valence-corrected chi connectivity index (χ2v) is 32.7. The molecule has 588 valence electrons. The number of phosphoric ester groups is 2. The van der Waals surface area contributed by atoms with E-state index in [4.69, 9.17) is 37.0 Å². The van der Waals surface area contributed by atoms with Gasteiger partial charge < -0.3 is 33.8 Å². The molecule has 0 aromatic carbocycles. The fraction of sp³-hybridized carbons (Fsp3) is 0.950. The second-order valence-electron chi connectivity index (χ2n) is 29.8. The van der Waals surface area contributed by atoms with Gasteiger partial charge in [-0.1, -0.05) is 369 Å². The van der Waals surface area contributed by atoms with Crippen LogP contribution in [0.3, 0.4) is 0 Å². The monoisotopic (exact) mass is 1450 g/mol. The first-order valence-electron chi connectivity index (χ1n) is 41.5. The summed E-state index contributed by atoms with van der Waals surface area (Å²) in [6, 6.07) is 0. The number of hydrogen-bond donors (Lipinski definition) is 3. The first-order valence-corrected chi connectivity index (χ1v) is 44.5. The van der Waals surface area contributed by atoms with E-state index in [-0.39, 0.29) is 25.7 Å². The van der Waals surface area contributed by atoms with Crippen molar-refractivity contribution in [3.63, 3.8) is 0 Å². The summed E-state index contributed by atoms with van der Waals surface area (Å²) < 4.78 is 68.6. The minimum atomic E-state index is -4.96. The third-order valence-corrected chi connectivity index (χ3v) is 20.6. The zero-order valence-corrected chi connectivity index (χ0v) is 66.6. The molecule has 3 N–H and O–H groups in total. The fourth-order valence-electron chi connectivity index (χ4n) is 12.4. The topological polar surface area (TPSA) is 237 Å². The van der Waals surface area contributed by atoms with Crippen molar-refractivity contribution in [2.45, 2.75) is 439 Å². The molecule has 0 fully saturated rings. The number of esters is 4. The molecule has 0 spiro atoms. The average Bonchev–Trinajstić information content (AvgIpc) is 1.13. The Bertz CT molecular complexity index is 1910. The molecule has 0 radical (unpaired) electrons. The lowest BCUT2D eigenvalue weighted by molar-refractivity contribution is -0.161. The van der Waals surface area contributed by atoms with E-state index in [1.807, 2.05) is 0 Å². The number of unbranched alkanes of at least 4 members (excludes halogenated alkanes) is 49. The molecule has 0 rings (SSSR count). The maximum absolute atomic E-state index is 13.1. The lowest BCUT2D eigenvalue weighted by atomic mass is 10.0. The normalized spacial score (nSPS) is 13.9. The molecule has 17 nitrogen and oxygen atoms in total. The predicted octanol–water partition coefficient (Wildman–Crippen LogP) is 23.9. The Morgan fingerprint density at radius 1 is 0.273 bits per heavy atom. The zero-order valence-electron chi connectivity index (χ0n) is 64.8. The molecule has 0 saturated heterocycles. The molecule has 2 unspecified atom stereocenters. The van der Waals surface area contributed by atoms with Crippen LogP contribution >= 0.6 is 15.6 Å². The molecule has 0 aromatic heterocycles. The standard InChI is InChI=1S/C80H156O17P2/c1-7-9-11-13-15-17-18-19-20-21-22-23-24-29-32-35-40-46-52-58-64-79(84)96-76(69-91-78(83)63-57-51-45-39-34-31-28-26-25-27-30-33-37-42-48-54-60-72(3)4)71-95-99(88,89)93-67-74(81)66-92-98(86,87)94-70-75(68-90-77(82)62-56-50-44-16-14-12-10-8-2)97-80(85)65-59-53-47-41-36-38-43-49-55-61-73(5)6/h72-76,81H,7-71H2,1-6H3,(H,86,87)(H,88,89)/t74-,75+,76+/m0/s1. The third kappa shape index (κ3) is 74.1. The van der Waals surface area contributed by atoms with Crippen LogP contribution in [-0.4, -0.2) is 96.7 Å². The number of aliphatic hydroxyl groups excluding tert-OH is 1. The van der Waals surface area contributed by atoms with Crippen molar-refractivity contribution < 1.29 is 80.2 Å². The van der Waals surface area contributed by atoms with Crippen LogP contribution in [0.1, 0.15) is 420 Å². The highest BCUT2D eigenvalue weighted by molar-refractivity contribution is 7.47. The van der Waals surface area contributed by atoms with Crippen LogP contribution in [0.5, 0.6) is 0 Å². The first kappa shape index (κ1) is 97.1. The van der Waals surface area contributed by atoms with Gasteiger partial charge in [0.2, 0.25) is 0 Å². The molecular formula is C80H156O17P2. The van der Waals surface area contributed by atoms with Gasteiger partial charge in [0.25, 0.3) is 0 Å². The van der Waals surface area contributed by atoms with Gasteiger partial charge in [-0.25, -0.2) is 9.13 Å². The van der Waals surface area contributed by atoms with Gasteiger partial charge in [-0.2, -0.15) is 0 Å². The highest BCUT2D eigenvalue weighted by Crippen LogP contribution is 2.45. The Morgan fingerprint density at radius 3 is 0.687 bits per heavy atom. The van der Waals surface area contributed by atoms with Crippen LogP contribution < -0.4 is 0 Å². The maximum atomic E-state index is 13.1. The predicted molar refractivity (Wildman–Crippen MR) is 405 cm³/mol. The van der Waals surface area contributed by atoms with Crippen molar-refractivity contribution in [2.24, 2.45) is 11.8 Å². The Labute approximate surface area is 607 Å². The molecule has 0 saturated carbocycles. The van der Waals surface area contributed by atoms with Gasteiger partial charge in [0.15, 0.2) is 12.2 Å². The van der Waals surface area contributed by atoms with Crippen molar-refractivity contribution in [1.82, 2.24) is 0 Å². The summed E-state index contributed by atoms with van der Waals surface area (Å²) in [6.07, 6.45) is 61.3. The van der Waals surface area contributed by atoms with E-state index in [1.165, 1.54) is 231 Å².